The van der Waals surface area contributed by atoms with E-state index in [1.807, 2.05) is 31.7 Å². The molecule has 1 aliphatic heterocycles. The number of aromatic nitrogens is 1. The van der Waals surface area contributed by atoms with Crippen LogP contribution in [-0.4, -0.2) is 47.4 Å². The van der Waals surface area contributed by atoms with Crippen LogP contribution in [0.2, 0.25) is 0 Å². The first-order chi connectivity index (χ1) is 13.9. The molecule has 1 saturated carbocycles. The van der Waals surface area contributed by atoms with Gasteiger partial charge in [0.15, 0.2) is 0 Å². The summed E-state index contributed by atoms with van der Waals surface area (Å²) in [5.41, 5.74) is 1.39. The van der Waals surface area contributed by atoms with E-state index in [1.54, 1.807) is 12.4 Å². The van der Waals surface area contributed by atoms with E-state index >= 15 is 0 Å². The Hall–Kier alpha value is -2.13. The molecule has 0 atom stereocenters. The van der Waals surface area contributed by atoms with Crippen molar-refractivity contribution in [1.29, 1.82) is 5.26 Å². The first-order valence-electron chi connectivity index (χ1n) is 10.8. The van der Waals surface area contributed by atoms with E-state index in [0.29, 0.717) is 23.5 Å². The van der Waals surface area contributed by atoms with Crippen LogP contribution >= 0.6 is 0 Å². The van der Waals surface area contributed by atoms with Crippen LogP contribution in [0.15, 0.2) is 18.5 Å². The largest absolute Gasteiger partial charge is 0.444 e. The SMILES string of the molecule is CC(C)(C)OC(=O)N1CCC(CO[C@H]2CC[C@@H](c3ccncc3C#N)CC2)CC1. The highest BCUT2D eigenvalue weighted by Crippen LogP contribution is 2.35. The minimum Gasteiger partial charge on any atom is -0.444 e. The Morgan fingerprint density at radius 3 is 2.52 bits per heavy atom. The summed E-state index contributed by atoms with van der Waals surface area (Å²) in [7, 11) is 0. The molecule has 1 aromatic heterocycles. The Labute approximate surface area is 174 Å². The minimum absolute atomic E-state index is 0.206. The van der Waals surface area contributed by atoms with Crippen LogP contribution in [0.4, 0.5) is 4.79 Å². The Morgan fingerprint density at radius 2 is 1.90 bits per heavy atom. The second kappa shape index (κ2) is 9.58. The quantitative estimate of drug-likeness (QED) is 0.737. The van der Waals surface area contributed by atoms with Gasteiger partial charge in [-0.25, -0.2) is 4.79 Å². The summed E-state index contributed by atoms with van der Waals surface area (Å²) in [4.78, 5) is 18.0. The van der Waals surface area contributed by atoms with Gasteiger partial charge >= 0.3 is 6.09 Å². The van der Waals surface area contributed by atoms with Gasteiger partial charge in [-0.1, -0.05) is 0 Å². The van der Waals surface area contributed by atoms with E-state index in [4.69, 9.17) is 9.47 Å². The molecule has 2 aliphatic rings. The molecule has 0 spiro atoms. The van der Waals surface area contributed by atoms with Gasteiger partial charge in [-0.15, -0.1) is 0 Å². The van der Waals surface area contributed by atoms with Crippen molar-refractivity contribution in [3.8, 4) is 6.07 Å². The number of carbonyl (C=O) groups is 1. The molecule has 1 saturated heterocycles. The maximum absolute atomic E-state index is 12.2. The van der Waals surface area contributed by atoms with Gasteiger partial charge in [0.1, 0.15) is 11.7 Å². The van der Waals surface area contributed by atoms with Crippen LogP contribution in [0.1, 0.15) is 76.3 Å². The molecule has 6 heteroatoms. The number of likely N-dealkylation sites (tertiary alicyclic amines) is 1. The second-order valence-electron chi connectivity index (χ2n) is 9.29. The maximum atomic E-state index is 12.2. The summed E-state index contributed by atoms with van der Waals surface area (Å²) in [6, 6.07) is 4.25. The Bertz CT molecular complexity index is 722. The first kappa shape index (κ1) is 21.6. The van der Waals surface area contributed by atoms with Gasteiger partial charge in [0, 0.05) is 32.1 Å². The Balaban J connectivity index is 1.37. The number of nitriles is 1. The van der Waals surface area contributed by atoms with E-state index in [0.717, 1.165) is 63.8 Å². The molecule has 0 unspecified atom stereocenters. The summed E-state index contributed by atoms with van der Waals surface area (Å²) in [5, 5.41) is 9.29. The fourth-order valence-corrected chi connectivity index (χ4v) is 4.28. The molecule has 2 fully saturated rings. The van der Waals surface area contributed by atoms with Crippen molar-refractivity contribution < 1.29 is 14.3 Å². The number of hydrogen-bond acceptors (Lipinski definition) is 5. The zero-order chi connectivity index (χ0) is 20.9. The monoisotopic (exact) mass is 399 g/mol. The van der Waals surface area contributed by atoms with Crippen molar-refractivity contribution in [1.82, 2.24) is 9.88 Å². The molecule has 29 heavy (non-hydrogen) atoms. The number of rotatable bonds is 4. The van der Waals surface area contributed by atoms with Crippen LogP contribution in [0.5, 0.6) is 0 Å². The van der Waals surface area contributed by atoms with Crippen LogP contribution in [-0.2, 0) is 9.47 Å². The van der Waals surface area contributed by atoms with Crippen LogP contribution in [0.25, 0.3) is 0 Å². The van der Waals surface area contributed by atoms with E-state index in [1.165, 1.54) is 0 Å². The maximum Gasteiger partial charge on any atom is 0.410 e. The van der Waals surface area contributed by atoms with E-state index in [2.05, 4.69) is 11.1 Å². The van der Waals surface area contributed by atoms with Crippen LogP contribution in [0.3, 0.4) is 0 Å². The summed E-state index contributed by atoms with van der Waals surface area (Å²) >= 11 is 0. The van der Waals surface area contributed by atoms with Crippen LogP contribution in [0, 0.1) is 17.2 Å². The lowest BCUT2D eigenvalue weighted by Crippen LogP contribution is -2.42. The van der Waals surface area contributed by atoms with Gasteiger partial charge < -0.3 is 14.4 Å². The zero-order valence-electron chi connectivity index (χ0n) is 17.9. The Kier molecular flexibility index (Phi) is 7.13. The smallest absolute Gasteiger partial charge is 0.410 e. The zero-order valence-corrected chi connectivity index (χ0v) is 17.9. The average molecular weight is 400 g/mol. The third-order valence-electron chi connectivity index (χ3n) is 5.92. The number of amides is 1. The van der Waals surface area contributed by atoms with Crippen molar-refractivity contribution in [3.05, 3.63) is 29.6 Å². The number of ether oxygens (including phenoxy) is 2. The first-order valence-corrected chi connectivity index (χ1v) is 10.8. The van der Waals surface area contributed by atoms with Gasteiger partial charge in [-0.3, -0.25) is 4.98 Å². The molecule has 3 rings (SSSR count). The van der Waals surface area contributed by atoms with Gasteiger partial charge in [0.05, 0.1) is 11.7 Å². The number of piperidine rings is 1. The fourth-order valence-electron chi connectivity index (χ4n) is 4.28. The number of carbonyl (C=O) groups excluding carboxylic acids is 1. The van der Waals surface area contributed by atoms with Gasteiger partial charge in [-0.05, 0) is 82.8 Å². The van der Waals surface area contributed by atoms with Crippen molar-refractivity contribution in [2.24, 2.45) is 5.92 Å². The summed E-state index contributed by atoms with van der Waals surface area (Å²) in [6.07, 6.45) is 9.67. The molecule has 1 aromatic rings. The predicted octanol–water partition coefficient (Wildman–Crippen LogP) is 4.64. The van der Waals surface area contributed by atoms with Crippen molar-refractivity contribution in [2.45, 2.75) is 76.9 Å². The summed E-state index contributed by atoms with van der Waals surface area (Å²) in [5.74, 6) is 0.946. The molecule has 6 nitrogen and oxygen atoms in total. The molecule has 0 bridgehead atoms. The third-order valence-corrected chi connectivity index (χ3v) is 5.92. The summed E-state index contributed by atoms with van der Waals surface area (Å²) in [6.45, 7) is 7.96. The normalized spacial score (nSPS) is 23.4. The molecule has 1 aliphatic carbocycles. The van der Waals surface area contributed by atoms with Gasteiger partial charge in [0.2, 0.25) is 0 Å². The fraction of sp³-hybridized carbons (Fsp3) is 0.696. The van der Waals surface area contributed by atoms with E-state index in [-0.39, 0.29) is 6.09 Å². The van der Waals surface area contributed by atoms with Crippen molar-refractivity contribution in [3.63, 3.8) is 0 Å². The molecular formula is C23H33N3O3. The molecule has 0 radical (unpaired) electrons. The molecule has 2 heterocycles. The lowest BCUT2D eigenvalue weighted by molar-refractivity contribution is -0.0143. The topological polar surface area (TPSA) is 75.4 Å². The molecule has 0 N–H and O–H groups in total. The van der Waals surface area contributed by atoms with Crippen molar-refractivity contribution in [2.75, 3.05) is 19.7 Å². The lowest BCUT2D eigenvalue weighted by atomic mass is 9.81. The Morgan fingerprint density at radius 1 is 1.21 bits per heavy atom. The molecule has 0 aromatic carbocycles. The molecule has 158 valence electrons. The highest BCUT2D eigenvalue weighted by Gasteiger charge is 2.29. The van der Waals surface area contributed by atoms with E-state index < -0.39 is 5.60 Å². The highest BCUT2D eigenvalue weighted by molar-refractivity contribution is 5.68. The number of pyridine rings is 1. The van der Waals surface area contributed by atoms with Crippen molar-refractivity contribution >= 4 is 6.09 Å². The lowest BCUT2D eigenvalue weighted by Gasteiger charge is -2.34. The van der Waals surface area contributed by atoms with Gasteiger partial charge in [0.25, 0.3) is 0 Å². The van der Waals surface area contributed by atoms with Gasteiger partial charge in [-0.2, -0.15) is 5.26 Å². The molecule has 1 amide bonds. The van der Waals surface area contributed by atoms with E-state index in [9.17, 15) is 10.1 Å². The van der Waals surface area contributed by atoms with Crippen LogP contribution < -0.4 is 0 Å². The predicted molar refractivity (Wildman–Crippen MR) is 110 cm³/mol. The minimum atomic E-state index is -0.444. The highest BCUT2D eigenvalue weighted by atomic mass is 16.6. The number of hydrogen-bond donors (Lipinski definition) is 0. The average Bonchev–Trinajstić information content (AvgIpc) is 2.72. The number of nitrogens with zero attached hydrogens (tertiary/aromatic N) is 3. The third kappa shape index (κ3) is 6.17. The summed E-state index contributed by atoms with van der Waals surface area (Å²) < 4.78 is 11.7. The standard InChI is InChI=1S/C23H33N3O3/c1-23(2,3)29-22(27)26-12-9-17(10-13-26)16-28-20-6-4-18(5-7-20)21-8-11-25-15-19(21)14-24/h8,11,15,17-18,20H,4-7,9-10,12-13,16H2,1-3H3/t18-,20+. The second-order valence-corrected chi connectivity index (χ2v) is 9.29. The molecular weight excluding hydrogens is 366 g/mol.